The topological polar surface area (TPSA) is 41.7 Å². The molecule has 0 aliphatic carbocycles. The number of nitrogens with two attached hydrogens (primary N) is 1. The lowest BCUT2D eigenvalue weighted by molar-refractivity contribution is 0.124. The summed E-state index contributed by atoms with van der Waals surface area (Å²) in [7, 11) is 4.23. The van der Waals surface area contributed by atoms with E-state index in [4.69, 9.17) is 5.90 Å². The van der Waals surface area contributed by atoms with Gasteiger partial charge >= 0.3 is 0 Å². The first-order chi connectivity index (χ1) is 7.22. The number of anilines is 2. The average molecular weight is 207 g/mol. The Morgan fingerprint density at radius 3 is 2.53 bits per heavy atom. The third kappa shape index (κ3) is 1.91. The maximum atomic E-state index is 5.07. The first-order valence-corrected chi connectivity index (χ1v) is 5.09. The van der Waals surface area contributed by atoms with Crippen LogP contribution in [0.2, 0.25) is 0 Å². The van der Waals surface area contributed by atoms with Crippen LogP contribution in [0.4, 0.5) is 11.4 Å². The van der Waals surface area contributed by atoms with E-state index in [1.165, 1.54) is 11.4 Å². The molecule has 0 fully saturated rings. The van der Waals surface area contributed by atoms with Crippen LogP contribution in [0.25, 0.3) is 0 Å². The van der Waals surface area contributed by atoms with Gasteiger partial charge in [0.2, 0.25) is 0 Å². The summed E-state index contributed by atoms with van der Waals surface area (Å²) in [6.07, 6.45) is 0. The first kappa shape index (κ1) is 10.3. The summed E-state index contributed by atoms with van der Waals surface area (Å²) in [6, 6.07) is 6.32. The van der Waals surface area contributed by atoms with Crippen LogP contribution in [-0.2, 0) is 11.4 Å². The van der Waals surface area contributed by atoms with E-state index in [0.717, 1.165) is 18.7 Å². The Labute approximate surface area is 90.2 Å². The van der Waals surface area contributed by atoms with Crippen molar-refractivity contribution < 1.29 is 4.84 Å². The van der Waals surface area contributed by atoms with Gasteiger partial charge in [0.25, 0.3) is 0 Å². The maximum absolute atomic E-state index is 5.07. The summed E-state index contributed by atoms with van der Waals surface area (Å²) < 4.78 is 0. The number of benzene rings is 1. The molecule has 0 radical (unpaired) electrons. The summed E-state index contributed by atoms with van der Waals surface area (Å²) in [5.41, 5.74) is 3.63. The van der Waals surface area contributed by atoms with Crippen molar-refractivity contribution in [3.63, 3.8) is 0 Å². The van der Waals surface area contributed by atoms with E-state index >= 15 is 0 Å². The van der Waals surface area contributed by atoms with Gasteiger partial charge in [-0.1, -0.05) is 6.07 Å². The lowest BCUT2D eigenvalue weighted by Crippen LogP contribution is -2.36. The number of nitrogens with zero attached hydrogens (tertiary/aromatic N) is 2. The summed E-state index contributed by atoms with van der Waals surface area (Å²) in [4.78, 5) is 9.17. The Morgan fingerprint density at radius 1 is 1.20 bits per heavy atom. The highest BCUT2D eigenvalue weighted by Gasteiger charge is 2.17. The second-order valence-corrected chi connectivity index (χ2v) is 3.98. The molecule has 1 aliphatic rings. The quantitative estimate of drug-likeness (QED) is 0.734. The highest BCUT2D eigenvalue weighted by atomic mass is 16.6. The monoisotopic (exact) mass is 207 g/mol. The Balaban J connectivity index is 2.36. The number of hydrogen-bond acceptors (Lipinski definition) is 4. The number of fused-ring (bicyclic) bond motifs is 1. The van der Waals surface area contributed by atoms with E-state index in [2.05, 4.69) is 46.9 Å². The van der Waals surface area contributed by atoms with Crippen molar-refractivity contribution in [2.24, 2.45) is 5.90 Å². The van der Waals surface area contributed by atoms with Crippen LogP contribution in [0.3, 0.4) is 0 Å². The second kappa shape index (κ2) is 4.08. The molecule has 2 N–H and O–H groups in total. The van der Waals surface area contributed by atoms with Crippen LogP contribution in [0, 0.1) is 0 Å². The fourth-order valence-electron chi connectivity index (χ4n) is 1.92. The zero-order valence-electron chi connectivity index (χ0n) is 9.23. The minimum atomic E-state index is 0.463. The zero-order valence-corrected chi connectivity index (χ0v) is 9.23. The SMILES string of the molecule is CN1CCN(C)c2cc(CON)ccc21. The summed E-state index contributed by atoms with van der Waals surface area (Å²) in [6.45, 7) is 2.58. The van der Waals surface area contributed by atoms with Crippen LogP contribution in [-0.4, -0.2) is 27.2 Å². The van der Waals surface area contributed by atoms with Crippen molar-refractivity contribution >= 4 is 11.4 Å². The van der Waals surface area contributed by atoms with Gasteiger partial charge in [0.1, 0.15) is 0 Å². The summed E-state index contributed by atoms with van der Waals surface area (Å²) in [5.74, 6) is 5.07. The molecule has 0 saturated carbocycles. The van der Waals surface area contributed by atoms with Crippen LogP contribution in [0.1, 0.15) is 5.56 Å². The minimum Gasteiger partial charge on any atom is -0.371 e. The van der Waals surface area contributed by atoms with Crippen molar-refractivity contribution in [1.82, 2.24) is 0 Å². The van der Waals surface area contributed by atoms with Gasteiger partial charge in [-0.15, -0.1) is 0 Å². The molecule has 0 unspecified atom stereocenters. The molecule has 0 spiro atoms. The molecule has 1 aromatic carbocycles. The van der Waals surface area contributed by atoms with Gasteiger partial charge in [0.15, 0.2) is 0 Å². The molecular weight excluding hydrogens is 190 g/mol. The highest BCUT2D eigenvalue weighted by Crippen LogP contribution is 2.32. The van der Waals surface area contributed by atoms with Crippen LogP contribution >= 0.6 is 0 Å². The van der Waals surface area contributed by atoms with Crippen molar-refractivity contribution in [3.8, 4) is 0 Å². The Kier molecular flexibility index (Phi) is 2.79. The first-order valence-electron chi connectivity index (χ1n) is 5.09. The molecule has 0 bridgehead atoms. The van der Waals surface area contributed by atoms with Gasteiger partial charge < -0.3 is 9.80 Å². The molecule has 1 aliphatic heterocycles. The second-order valence-electron chi connectivity index (χ2n) is 3.98. The molecule has 4 heteroatoms. The van der Waals surface area contributed by atoms with Crippen molar-refractivity contribution in [3.05, 3.63) is 23.8 Å². The summed E-state index contributed by atoms with van der Waals surface area (Å²) in [5, 5.41) is 0. The minimum absolute atomic E-state index is 0.463. The van der Waals surface area contributed by atoms with Crippen molar-refractivity contribution in [2.75, 3.05) is 37.0 Å². The summed E-state index contributed by atoms with van der Waals surface area (Å²) >= 11 is 0. The van der Waals surface area contributed by atoms with E-state index in [9.17, 15) is 0 Å². The predicted octanol–water partition coefficient (Wildman–Crippen LogP) is 0.963. The molecule has 82 valence electrons. The molecule has 0 amide bonds. The molecular formula is C11H17N3O. The average Bonchev–Trinajstić information content (AvgIpc) is 2.24. The fourth-order valence-corrected chi connectivity index (χ4v) is 1.92. The van der Waals surface area contributed by atoms with Gasteiger partial charge in [-0.2, -0.15) is 0 Å². The van der Waals surface area contributed by atoms with Crippen LogP contribution in [0.5, 0.6) is 0 Å². The zero-order chi connectivity index (χ0) is 10.8. The fraction of sp³-hybridized carbons (Fsp3) is 0.455. The standard InChI is InChI=1S/C11H17N3O/c1-13-5-6-14(2)11-7-9(8-15-12)3-4-10(11)13/h3-4,7H,5-6,8,12H2,1-2H3. The maximum Gasteiger partial charge on any atom is 0.0930 e. The molecule has 4 nitrogen and oxygen atoms in total. The smallest absolute Gasteiger partial charge is 0.0930 e. The van der Waals surface area contributed by atoms with Gasteiger partial charge in [0, 0.05) is 27.2 Å². The number of hydrogen-bond donors (Lipinski definition) is 1. The molecule has 0 atom stereocenters. The molecule has 1 heterocycles. The number of rotatable bonds is 2. The Morgan fingerprint density at radius 2 is 1.87 bits per heavy atom. The Hall–Kier alpha value is -1.26. The van der Waals surface area contributed by atoms with E-state index in [1.54, 1.807) is 0 Å². The van der Waals surface area contributed by atoms with Crippen molar-refractivity contribution in [1.29, 1.82) is 0 Å². The van der Waals surface area contributed by atoms with E-state index in [0.29, 0.717) is 6.61 Å². The van der Waals surface area contributed by atoms with Crippen LogP contribution < -0.4 is 15.7 Å². The van der Waals surface area contributed by atoms with Crippen molar-refractivity contribution in [2.45, 2.75) is 6.61 Å². The third-order valence-electron chi connectivity index (χ3n) is 2.88. The molecule has 15 heavy (non-hydrogen) atoms. The van der Waals surface area contributed by atoms with Gasteiger partial charge in [-0.3, -0.25) is 4.84 Å². The Bertz CT molecular complexity index is 354. The molecule has 2 rings (SSSR count). The predicted molar refractivity (Wildman–Crippen MR) is 62.0 cm³/mol. The van der Waals surface area contributed by atoms with E-state index < -0.39 is 0 Å². The molecule has 0 aromatic heterocycles. The normalized spacial score (nSPS) is 15.4. The van der Waals surface area contributed by atoms with Gasteiger partial charge in [-0.25, -0.2) is 5.90 Å². The highest BCUT2D eigenvalue weighted by molar-refractivity contribution is 5.73. The lowest BCUT2D eigenvalue weighted by atomic mass is 10.1. The van der Waals surface area contributed by atoms with Gasteiger partial charge in [-0.05, 0) is 17.7 Å². The molecule has 1 aromatic rings. The van der Waals surface area contributed by atoms with Gasteiger partial charge in [0.05, 0.1) is 18.0 Å². The number of likely N-dealkylation sites (N-methyl/N-ethyl adjacent to an activating group) is 2. The molecule has 0 saturated heterocycles. The van der Waals surface area contributed by atoms with E-state index in [1.807, 2.05) is 0 Å². The third-order valence-corrected chi connectivity index (χ3v) is 2.88. The van der Waals surface area contributed by atoms with Crippen LogP contribution in [0.15, 0.2) is 18.2 Å². The van der Waals surface area contributed by atoms with E-state index in [-0.39, 0.29) is 0 Å². The largest absolute Gasteiger partial charge is 0.371 e. The lowest BCUT2D eigenvalue weighted by Gasteiger charge is -2.35.